The van der Waals surface area contributed by atoms with Crippen LogP contribution in [0.5, 0.6) is 11.5 Å². The van der Waals surface area contributed by atoms with Crippen LogP contribution < -0.4 is 14.8 Å². The number of fused-ring (bicyclic) bond motifs is 1. The van der Waals surface area contributed by atoms with Gasteiger partial charge in [-0.3, -0.25) is 4.79 Å². The van der Waals surface area contributed by atoms with Crippen molar-refractivity contribution in [2.24, 2.45) is 11.8 Å². The lowest BCUT2D eigenvalue weighted by molar-refractivity contribution is -0.130. The zero-order valence-electron chi connectivity index (χ0n) is 14.0. The Hall–Kier alpha value is -1.75. The fourth-order valence-electron chi connectivity index (χ4n) is 3.76. The van der Waals surface area contributed by atoms with Crippen molar-refractivity contribution in [1.82, 2.24) is 10.2 Å². The quantitative estimate of drug-likeness (QED) is 0.918. The molecule has 2 heterocycles. The first-order valence-electron chi connectivity index (χ1n) is 8.40. The second-order valence-corrected chi connectivity index (χ2v) is 6.49. The fraction of sp³-hybridized carbons (Fsp3) is 0.611. The average molecular weight is 318 g/mol. The lowest BCUT2D eigenvalue weighted by atomic mass is 9.92. The van der Waals surface area contributed by atoms with Gasteiger partial charge >= 0.3 is 0 Å². The van der Waals surface area contributed by atoms with Gasteiger partial charge in [-0.05, 0) is 56.0 Å². The Kier molecular flexibility index (Phi) is 5.06. The first kappa shape index (κ1) is 16.1. The molecule has 1 aromatic carbocycles. The molecule has 2 aliphatic heterocycles. The van der Waals surface area contributed by atoms with E-state index < -0.39 is 0 Å². The number of nitrogens with zero attached hydrogens (tertiary/aromatic N) is 1. The molecular weight excluding hydrogens is 292 g/mol. The summed E-state index contributed by atoms with van der Waals surface area (Å²) in [6.07, 6.45) is 2.59. The van der Waals surface area contributed by atoms with Gasteiger partial charge in [-0.2, -0.15) is 0 Å². The molecule has 1 aromatic rings. The number of rotatable bonds is 4. The van der Waals surface area contributed by atoms with Crippen molar-refractivity contribution in [3.05, 3.63) is 23.8 Å². The minimum Gasteiger partial charge on any atom is -0.497 e. The Balaban J connectivity index is 1.67. The van der Waals surface area contributed by atoms with Crippen LogP contribution in [0.4, 0.5) is 0 Å². The highest BCUT2D eigenvalue weighted by molar-refractivity contribution is 5.79. The summed E-state index contributed by atoms with van der Waals surface area (Å²) in [6, 6.07) is 5.61. The number of hydrogen-bond acceptors (Lipinski definition) is 4. The van der Waals surface area contributed by atoms with E-state index in [4.69, 9.17) is 9.47 Å². The Labute approximate surface area is 137 Å². The monoisotopic (exact) mass is 318 g/mol. The van der Waals surface area contributed by atoms with Crippen LogP contribution in [0.1, 0.15) is 18.4 Å². The number of hydrogen-bond donors (Lipinski definition) is 1. The Bertz CT molecular complexity index is 547. The van der Waals surface area contributed by atoms with Gasteiger partial charge in [0.2, 0.25) is 5.91 Å². The van der Waals surface area contributed by atoms with Crippen LogP contribution in [0.2, 0.25) is 0 Å². The van der Waals surface area contributed by atoms with Gasteiger partial charge in [-0.25, -0.2) is 0 Å². The van der Waals surface area contributed by atoms with Crippen LogP contribution in [0.15, 0.2) is 18.2 Å². The molecule has 2 aliphatic rings. The molecule has 0 aliphatic carbocycles. The maximum absolute atomic E-state index is 12.7. The van der Waals surface area contributed by atoms with Crippen molar-refractivity contribution in [3.8, 4) is 11.5 Å². The number of carbonyl (C=O) groups excluding carboxylic acids is 1. The van der Waals surface area contributed by atoms with Crippen LogP contribution in [0.25, 0.3) is 0 Å². The number of amides is 1. The third-order valence-corrected chi connectivity index (χ3v) is 5.20. The molecule has 2 fully saturated rings. The number of carbonyl (C=O) groups is 1. The van der Waals surface area contributed by atoms with Crippen LogP contribution in [0.3, 0.4) is 0 Å². The van der Waals surface area contributed by atoms with Gasteiger partial charge in [0.25, 0.3) is 0 Å². The van der Waals surface area contributed by atoms with E-state index in [1.807, 2.05) is 23.1 Å². The molecule has 23 heavy (non-hydrogen) atoms. The highest BCUT2D eigenvalue weighted by atomic mass is 16.5. The summed E-state index contributed by atoms with van der Waals surface area (Å²) in [6.45, 7) is 3.95. The Morgan fingerprint density at radius 1 is 1.17 bits per heavy atom. The van der Waals surface area contributed by atoms with E-state index in [2.05, 4.69) is 5.32 Å². The second-order valence-electron chi connectivity index (χ2n) is 6.49. The molecule has 3 rings (SSSR count). The molecule has 5 nitrogen and oxygen atoms in total. The van der Waals surface area contributed by atoms with Gasteiger partial charge in [0.1, 0.15) is 11.5 Å². The summed E-state index contributed by atoms with van der Waals surface area (Å²) in [5.74, 6) is 3.16. The van der Waals surface area contributed by atoms with E-state index in [0.717, 1.165) is 67.9 Å². The lowest BCUT2D eigenvalue weighted by Crippen LogP contribution is -2.34. The fourth-order valence-corrected chi connectivity index (χ4v) is 3.76. The first-order chi connectivity index (χ1) is 11.2. The Morgan fingerprint density at radius 2 is 1.87 bits per heavy atom. The molecule has 0 radical (unpaired) electrons. The zero-order chi connectivity index (χ0) is 16.2. The summed E-state index contributed by atoms with van der Waals surface area (Å²) in [7, 11) is 3.27. The summed E-state index contributed by atoms with van der Waals surface area (Å²) >= 11 is 0. The predicted octanol–water partition coefficient (Wildman–Crippen LogP) is 1.70. The minimum atomic E-state index is 0.185. The molecule has 1 amide bonds. The van der Waals surface area contributed by atoms with E-state index in [1.165, 1.54) is 0 Å². The smallest absolute Gasteiger partial charge is 0.227 e. The van der Waals surface area contributed by atoms with Gasteiger partial charge < -0.3 is 19.7 Å². The van der Waals surface area contributed by atoms with E-state index in [-0.39, 0.29) is 5.91 Å². The van der Waals surface area contributed by atoms with Gasteiger partial charge in [0.05, 0.1) is 20.6 Å². The molecule has 2 atom stereocenters. The molecule has 1 N–H and O–H groups in total. The normalized spacial score (nSPS) is 24.0. The van der Waals surface area contributed by atoms with Crippen molar-refractivity contribution in [3.63, 3.8) is 0 Å². The molecule has 0 aromatic heterocycles. The van der Waals surface area contributed by atoms with Gasteiger partial charge in [-0.1, -0.05) is 0 Å². The SMILES string of the molecule is COc1ccc(OC)c(CC(=O)N2CC[C@@H]3CNC[C@@H]3CC2)c1. The highest BCUT2D eigenvalue weighted by Gasteiger charge is 2.31. The maximum Gasteiger partial charge on any atom is 0.227 e. The first-order valence-corrected chi connectivity index (χ1v) is 8.40. The lowest BCUT2D eigenvalue weighted by Gasteiger charge is -2.21. The maximum atomic E-state index is 12.7. The van der Waals surface area contributed by atoms with Crippen LogP contribution in [0, 0.1) is 11.8 Å². The summed E-state index contributed by atoms with van der Waals surface area (Å²) in [4.78, 5) is 14.7. The molecular formula is C18H26N2O3. The van der Waals surface area contributed by atoms with Gasteiger partial charge in [0.15, 0.2) is 0 Å². The van der Waals surface area contributed by atoms with Crippen LogP contribution in [-0.2, 0) is 11.2 Å². The molecule has 0 bridgehead atoms. The van der Waals surface area contributed by atoms with Crippen molar-refractivity contribution in [2.75, 3.05) is 40.4 Å². The number of likely N-dealkylation sites (tertiary alicyclic amines) is 1. The van der Waals surface area contributed by atoms with Gasteiger partial charge in [-0.15, -0.1) is 0 Å². The summed E-state index contributed by atoms with van der Waals surface area (Å²) in [5, 5.41) is 3.47. The van der Waals surface area contributed by atoms with Crippen LogP contribution >= 0.6 is 0 Å². The summed E-state index contributed by atoms with van der Waals surface area (Å²) < 4.78 is 10.6. The third-order valence-electron chi connectivity index (χ3n) is 5.20. The van der Waals surface area contributed by atoms with Crippen molar-refractivity contribution in [1.29, 1.82) is 0 Å². The standard InChI is InChI=1S/C18H26N2O3/c1-22-16-3-4-17(23-2)15(9-16)10-18(21)20-7-5-13-11-19-12-14(13)6-8-20/h3-4,9,13-14,19H,5-8,10-12H2,1-2H3/t13-,14+. The zero-order valence-corrected chi connectivity index (χ0v) is 14.0. The minimum absolute atomic E-state index is 0.185. The number of nitrogens with one attached hydrogen (secondary N) is 1. The number of methoxy groups -OCH3 is 2. The largest absolute Gasteiger partial charge is 0.497 e. The molecule has 5 heteroatoms. The molecule has 2 saturated heterocycles. The van der Waals surface area contributed by atoms with Crippen molar-refractivity contribution < 1.29 is 14.3 Å². The molecule has 0 unspecified atom stereocenters. The van der Waals surface area contributed by atoms with E-state index in [0.29, 0.717) is 6.42 Å². The molecule has 126 valence electrons. The summed E-state index contributed by atoms with van der Waals surface area (Å²) in [5.41, 5.74) is 0.892. The van der Waals surface area contributed by atoms with Gasteiger partial charge in [0, 0.05) is 18.7 Å². The second kappa shape index (κ2) is 7.21. The van der Waals surface area contributed by atoms with Crippen LogP contribution in [-0.4, -0.2) is 51.2 Å². The third kappa shape index (κ3) is 3.61. The predicted molar refractivity (Wildman–Crippen MR) is 88.9 cm³/mol. The van der Waals surface area contributed by atoms with E-state index in [1.54, 1.807) is 14.2 Å². The Morgan fingerprint density at radius 3 is 2.48 bits per heavy atom. The van der Waals surface area contributed by atoms with E-state index in [9.17, 15) is 4.79 Å². The molecule has 0 saturated carbocycles. The number of benzene rings is 1. The number of ether oxygens (including phenoxy) is 2. The van der Waals surface area contributed by atoms with Crippen molar-refractivity contribution >= 4 is 5.91 Å². The average Bonchev–Trinajstić information content (AvgIpc) is 2.93. The molecule has 0 spiro atoms. The van der Waals surface area contributed by atoms with Crippen molar-refractivity contribution in [2.45, 2.75) is 19.3 Å². The highest BCUT2D eigenvalue weighted by Crippen LogP contribution is 2.28. The topological polar surface area (TPSA) is 50.8 Å². The van der Waals surface area contributed by atoms with E-state index >= 15 is 0 Å².